The maximum atomic E-state index is 13.4. The van der Waals surface area contributed by atoms with Crippen molar-refractivity contribution in [1.29, 1.82) is 0 Å². The third kappa shape index (κ3) is 3.55. The molecule has 2 aromatic heterocycles. The number of halogens is 1. The number of benzene rings is 1. The third-order valence-electron chi connectivity index (χ3n) is 4.74. The zero-order valence-electron chi connectivity index (χ0n) is 15.1. The highest BCUT2D eigenvalue weighted by Gasteiger charge is 2.21. The first-order valence-corrected chi connectivity index (χ1v) is 9.56. The number of hydrogen-bond acceptors (Lipinski definition) is 5. The number of anilines is 1. The molecular weight excluding hydrogens is 364 g/mol. The molecular formula is C20H21ClN4O2. The second-order valence-electron chi connectivity index (χ2n) is 6.59. The highest BCUT2D eigenvalue weighted by molar-refractivity contribution is 6.33. The lowest BCUT2D eigenvalue weighted by molar-refractivity contribution is 0.0971. The zero-order valence-corrected chi connectivity index (χ0v) is 15.9. The number of hydrogen-bond donors (Lipinski definition) is 1. The fourth-order valence-electron chi connectivity index (χ4n) is 3.44. The normalized spacial score (nSPS) is 16.7. The van der Waals surface area contributed by atoms with Crippen LogP contribution in [0.3, 0.4) is 0 Å². The molecule has 0 saturated carbocycles. The van der Waals surface area contributed by atoms with Crippen LogP contribution in [0.15, 0.2) is 41.3 Å². The SMILES string of the molecule is CCNc1ncc2cc(-c3ccccc3Cl)c(=O)n(C[C@H]3CCCO3)c2n1. The van der Waals surface area contributed by atoms with E-state index in [-0.39, 0.29) is 11.7 Å². The van der Waals surface area contributed by atoms with Gasteiger partial charge in [-0.2, -0.15) is 4.98 Å². The first kappa shape index (κ1) is 17.9. The summed E-state index contributed by atoms with van der Waals surface area (Å²) in [6, 6.07) is 9.19. The van der Waals surface area contributed by atoms with E-state index in [0.717, 1.165) is 24.8 Å². The van der Waals surface area contributed by atoms with E-state index in [9.17, 15) is 4.79 Å². The molecule has 0 bridgehead atoms. The van der Waals surface area contributed by atoms with Gasteiger partial charge in [-0.15, -0.1) is 0 Å². The van der Waals surface area contributed by atoms with Gasteiger partial charge in [-0.3, -0.25) is 9.36 Å². The minimum absolute atomic E-state index is 0.0185. The van der Waals surface area contributed by atoms with Gasteiger partial charge < -0.3 is 10.1 Å². The van der Waals surface area contributed by atoms with Crippen molar-refractivity contribution in [2.24, 2.45) is 0 Å². The van der Waals surface area contributed by atoms with Crippen molar-refractivity contribution in [3.05, 3.63) is 51.9 Å². The summed E-state index contributed by atoms with van der Waals surface area (Å²) >= 11 is 6.36. The van der Waals surface area contributed by atoms with E-state index >= 15 is 0 Å². The Balaban J connectivity index is 1.93. The molecule has 1 saturated heterocycles. The lowest BCUT2D eigenvalue weighted by atomic mass is 10.1. The second-order valence-corrected chi connectivity index (χ2v) is 7.00. The first-order chi connectivity index (χ1) is 13.2. The molecule has 1 aliphatic rings. The molecule has 1 N–H and O–H groups in total. The molecule has 1 atom stereocenters. The average Bonchev–Trinajstić information content (AvgIpc) is 3.18. The zero-order chi connectivity index (χ0) is 18.8. The van der Waals surface area contributed by atoms with Crippen LogP contribution in [0.25, 0.3) is 22.2 Å². The molecule has 3 aromatic rings. The molecule has 0 aliphatic carbocycles. The molecule has 6 nitrogen and oxygen atoms in total. The molecule has 1 aliphatic heterocycles. The number of pyridine rings is 1. The van der Waals surface area contributed by atoms with E-state index in [1.807, 2.05) is 31.2 Å². The van der Waals surface area contributed by atoms with Crippen molar-refractivity contribution < 1.29 is 4.74 Å². The van der Waals surface area contributed by atoms with Crippen LogP contribution >= 0.6 is 11.6 Å². The molecule has 4 rings (SSSR count). The number of ether oxygens (including phenoxy) is 1. The quantitative estimate of drug-likeness (QED) is 0.726. The molecule has 1 aromatic carbocycles. The van der Waals surface area contributed by atoms with Crippen LogP contribution < -0.4 is 10.9 Å². The Morgan fingerprint density at radius 2 is 2.19 bits per heavy atom. The Bertz CT molecular complexity index is 1030. The molecule has 140 valence electrons. The Morgan fingerprint density at radius 1 is 1.33 bits per heavy atom. The van der Waals surface area contributed by atoms with E-state index in [4.69, 9.17) is 16.3 Å². The van der Waals surface area contributed by atoms with E-state index in [1.165, 1.54) is 0 Å². The predicted molar refractivity (Wildman–Crippen MR) is 107 cm³/mol. The summed E-state index contributed by atoms with van der Waals surface area (Å²) in [6.07, 6.45) is 3.71. The number of aromatic nitrogens is 3. The molecule has 0 amide bonds. The highest BCUT2D eigenvalue weighted by atomic mass is 35.5. The van der Waals surface area contributed by atoms with E-state index in [1.54, 1.807) is 16.8 Å². The molecule has 0 radical (unpaired) electrons. The Kier molecular flexibility index (Phi) is 5.09. The highest BCUT2D eigenvalue weighted by Crippen LogP contribution is 2.27. The molecule has 0 unspecified atom stereocenters. The van der Waals surface area contributed by atoms with E-state index < -0.39 is 0 Å². The maximum Gasteiger partial charge on any atom is 0.260 e. The van der Waals surface area contributed by atoms with Gasteiger partial charge in [0.05, 0.1) is 12.6 Å². The van der Waals surface area contributed by atoms with Gasteiger partial charge in [-0.25, -0.2) is 4.98 Å². The molecule has 0 spiro atoms. The standard InChI is InChI=1S/C20H21ClN4O2/c1-2-22-20-23-11-13-10-16(15-7-3-4-8-17(15)21)19(26)25(18(13)24-20)12-14-6-5-9-27-14/h3-4,7-8,10-11,14H,2,5-6,9,12H2,1H3,(H,22,23,24)/t14-/m1/s1. The summed E-state index contributed by atoms with van der Waals surface area (Å²) < 4.78 is 7.46. The van der Waals surface area contributed by atoms with Gasteiger partial charge in [0.25, 0.3) is 5.56 Å². The lowest BCUT2D eigenvalue weighted by Gasteiger charge is -2.16. The largest absolute Gasteiger partial charge is 0.376 e. The first-order valence-electron chi connectivity index (χ1n) is 9.18. The monoisotopic (exact) mass is 384 g/mol. The van der Waals surface area contributed by atoms with Crippen LogP contribution in [0.4, 0.5) is 5.95 Å². The lowest BCUT2D eigenvalue weighted by Crippen LogP contribution is -2.28. The molecule has 7 heteroatoms. The number of rotatable bonds is 5. The van der Waals surface area contributed by atoms with Crippen molar-refractivity contribution in [3.63, 3.8) is 0 Å². The van der Waals surface area contributed by atoms with Crippen LogP contribution in [0.5, 0.6) is 0 Å². The average molecular weight is 385 g/mol. The van der Waals surface area contributed by atoms with Crippen LogP contribution in [0.1, 0.15) is 19.8 Å². The van der Waals surface area contributed by atoms with Crippen LogP contribution in [-0.2, 0) is 11.3 Å². The van der Waals surface area contributed by atoms with Gasteiger partial charge >= 0.3 is 0 Å². The minimum atomic E-state index is -0.118. The van der Waals surface area contributed by atoms with Crippen molar-refractivity contribution >= 4 is 28.6 Å². The summed E-state index contributed by atoms with van der Waals surface area (Å²) in [4.78, 5) is 22.3. The Morgan fingerprint density at radius 3 is 2.93 bits per heavy atom. The van der Waals surface area contributed by atoms with Gasteiger partial charge in [0.1, 0.15) is 5.65 Å². The smallest absolute Gasteiger partial charge is 0.260 e. The topological polar surface area (TPSA) is 69.0 Å². The Labute approximate surface area is 162 Å². The minimum Gasteiger partial charge on any atom is -0.376 e. The number of nitrogens with zero attached hydrogens (tertiary/aromatic N) is 3. The predicted octanol–water partition coefficient (Wildman–Crippen LogP) is 3.72. The van der Waals surface area contributed by atoms with Crippen LogP contribution in [0, 0.1) is 0 Å². The fourth-order valence-corrected chi connectivity index (χ4v) is 3.67. The van der Waals surface area contributed by atoms with Gasteiger partial charge in [0.2, 0.25) is 5.95 Å². The van der Waals surface area contributed by atoms with Crippen molar-refractivity contribution in [2.75, 3.05) is 18.5 Å². The maximum absolute atomic E-state index is 13.4. The van der Waals surface area contributed by atoms with Gasteiger partial charge in [0, 0.05) is 40.9 Å². The van der Waals surface area contributed by atoms with Gasteiger partial charge in [0.15, 0.2) is 0 Å². The summed E-state index contributed by atoms with van der Waals surface area (Å²) in [5.41, 5.74) is 1.75. The van der Waals surface area contributed by atoms with E-state index in [2.05, 4.69) is 15.3 Å². The van der Waals surface area contributed by atoms with Gasteiger partial charge in [-0.1, -0.05) is 29.8 Å². The second kappa shape index (κ2) is 7.66. The molecule has 3 heterocycles. The number of nitrogens with one attached hydrogen (secondary N) is 1. The van der Waals surface area contributed by atoms with Crippen LogP contribution in [0.2, 0.25) is 5.02 Å². The van der Waals surface area contributed by atoms with Crippen LogP contribution in [-0.4, -0.2) is 33.8 Å². The Hall–Kier alpha value is -2.44. The van der Waals surface area contributed by atoms with Crippen molar-refractivity contribution in [1.82, 2.24) is 14.5 Å². The summed E-state index contributed by atoms with van der Waals surface area (Å²) in [6.45, 7) is 3.89. The summed E-state index contributed by atoms with van der Waals surface area (Å²) in [5.74, 6) is 0.510. The van der Waals surface area contributed by atoms with Crippen molar-refractivity contribution in [3.8, 4) is 11.1 Å². The third-order valence-corrected chi connectivity index (χ3v) is 5.07. The van der Waals surface area contributed by atoms with E-state index in [0.29, 0.717) is 40.8 Å². The fraction of sp³-hybridized carbons (Fsp3) is 0.350. The number of fused-ring (bicyclic) bond motifs is 1. The van der Waals surface area contributed by atoms with Crippen molar-refractivity contribution in [2.45, 2.75) is 32.4 Å². The summed E-state index contributed by atoms with van der Waals surface area (Å²) in [5, 5.41) is 4.45. The molecule has 1 fully saturated rings. The van der Waals surface area contributed by atoms with Gasteiger partial charge in [-0.05, 0) is 31.9 Å². The summed E-state index contributed by atoms with van der Waals surface area (Å²) in [7, 11) is 0. The molecule has 27 heavy (non-hydrogen) atoms.